The summed E-state index contributed by atoms with van der Waals surface area (Å²) in [4.78, 5) is 0. The van der Waals surface area contributed by atoms with E-state index in [0.29, 0.717) is 0 Å². The zero-order chi connectivity index (χ0) is 0. The van der Waals surface area contributed by atoms with Crippen LogP contribution in [0.1, 0.15) is 0 Å². The summed E-state index contributed by atoms with van der Waals surface area (Å²) in [7, 11) is 0. The van der Waals surface area contributed by atoms with Crippen molar-refractivity contribution in [1.82, 2.24) is 0 Å². The molecule has 0 fully saturated rings. The second-order valence-electron chi connectivity index (χ2n) is 0. The van der Waals surface area contributed by atoms with Crippen LogP contribution in [0.3, 0.4) is 0 Å². The molecule has 0 aliphatic carbocycles. The number of hydrogen-bond acceptors (Lipinski definition) is 0. The first-order valence-electron chi connectivity index (χ1n) is 0. The number of rotatable bonds is 0. The van der Waals surface area contributed by atoms with Crippen LogP contribution in [-0.2, 0) is 105 Å². The fourth-order valence-electron chi connectivity index (χ4n) is 0. The van der Waals surface area contributed by atoms with Crippen LogP contribution in [0.25, 0.3) is 0 Å². The first-order valence-corrected chi connectivity index (χ1v) is 0. The Morgan fingerprint density at radius 3 is 0.333 bits per heavy atom. The third kappa shape index (κ3) is 252. The fraction of sp³-hybridized carbons (Fsp3) is 0. The van der Waals surface area contributed by atoms with E-state index in [9.17, 15) is 0 Å². The van der Waals surface area contributed by atoms with Crippen LogP contribution in [0.5, 0.6) is 0 Å². The van der Waals surface area contributed by atoms with Crippen molar-refractivity contribution in [3.05, 3.63) is 0 Å². The van der Waals surface area contributed by atoms with Crippen LogP contribution in [0.15, 0.2) is 0 Å². The van der Waals surface area contributed by atoms with Gasteiger partial charge in [-0.1, -0.05) is 0 Å². The van der Waals surface area contributed by atoms with Crippen molar-refractivity contribution in [1.29, 1.82) is 0 Å². The van der Waals surface area contributed by atoms with Crippen LogP contribution in [0, 0.1) is 0 Å². The molecule has 0 aliphatic rings. The van der Waals surface area contributed by atoms with E-state index in [1.165, 1.54) is 0 Å². The van der Waals surface area contributed by atoms with Gasteiger partial charge in [0.15, 0.2) is 0 Å². The van der Waals surface area contributed by atoms with Crippen LogP contribution < -0.4 is 37.7 Å². The van der Waals surface area contributed by atoms with Crippen molar-refractivity contribution >= 4 is 46.1 Å². The number of hydrogen-bond donors (Lipinski definition) is 0. The van der Waals surface area contributed by atoms with Crippen molar-refractivity contribution in [2.75, 3.05) is 0 Å². The summed E-state index contributed by atoms with van der Waals surface area (Å²) < 4.78 is 0. The van der Waals surface area contributed by atoms with E-state index in [1.807, 2.05) is 0 Å². The van der Waals surface area contributed by atoms with Gasteiger partial charge in [-0.25, -0.2) is 0 Å². The van der Waals surface area contributed by atoms with Crippen LogP contribution >= 0.6 is 0 Å². The molecule has 0 bridgehead atoms. The Hall–Kier alpha value is 4.45. The van der Waals surface area contributed by atoms with Gasteiger partial charge < -0.3 is 38.3 Å². The van der Waals surface area contributed by atoms with E-state index in [1.54, 1.807) is 0 Å². The third-order valence-corrected chi connectivity index (χ3v) is 0. The smallest absolute Gasteiger partial charge is 2.00 e. The minimum Gasteiger partial charge on any atom is -2.00 e. The molecule has 0 aromatic carbocycles. The van der Waals surface area contributed by atoms with Crippen molar-refractivity contribution in [2.24, 2.45) is 0 Å². The average molecular weight is 410 g/mol. The Morgan fingerprint density at radius 2 is 0.333 bits per heavy atom. The Morgan fingerprint density at radius 1 is 0.333 bits per heavy atom. The molecule has 86 valence electrons. The van der Waals surface area contributed by atoms with Gasteiger partial charge in [-0.3, -0.25) is 0 Å². The quantitative estimate of drug-likeness (QED) is 0.342. The average Bonchev–Trinajstić information content (AvgIpc) is 0. The summed E-state index contributed by atoms with van der Waals surface area (Å²) in [5.41, 5.74) is 0. The van der Waals surface area contributed by atoms with Gasteiger partial charge in [-0.05, 0) is 0 Å². The molecular formula is Co2Li2Mg2Ni2O7. The molecule has 0 amide bonds. The normalized spacial score (nSPS) is 0. The SMILES string of the molecule is [Co+2].[Co+2].[Li+].[Li+].[Mg+2].[Mg+2].[Ni+2].[Ni+2].[O-2].[O-2].[O-2].[O-2].[O-2].[O-2].[O-2]. The van der Waals surface area contributed by atoms with Gasteiger partial charge in [-0.2, -0.15) is 0 Å². The molecule has 0 spiro atoms. The van der Waals surface area contributed by atoms with E-state index in [-0.39, 0.29) is 189 Å². The minimum absolute atomic E-state index is 0. The summed E-state index contributed by atoms with van der Waals surface area (Å²) in [6.45, 7) is 0. The molecule has 0 aromatic rings. The second-order valence-corrected chi connectivity index (χ2v) is 0. The molecule has 15 heteroatoms. The molecule has 0 N–H and O–H groups in total. The zero-order valence-electron chi connectivity index (χ0n) is 7.57. The van der Waals surface area contributed by atoms with Gasteiger partial charge in [0.05, 0.1) is 0 Å². The molecule has 0 saturated heterocycles. The summed E-state index contributed by atoms with van der Waals surface area (Å²) >= 11 is 0. The molecule has 2 radical (unpaired) electrons. The van der Waals surface area contributed by atoms with Gasteiger partial charge in [0, 0.05) is 0 Å². The summed E-state index contributed by atoms with van der Waals surface area (Å²) in [6, 6.07) is 0. The van der Waals surface area contributed by atoms with E-state index in [4.69, 9.17) is 0 Å². The van der Waals surface area contributed by atoms with E-state index >= 15 is 0 Å². The first kappa shape index (κ1) is 335. The van der Waals surface area contributed by atoms with Gasteiger partial charge in [0.2, 0.25) is 0 Å². The molecule has 15 heavy (non-hydrogen) atoms. The predicted molar refractivity (Wildman–Crippen MR) is 16.3 cm³/mol. The standard InChI is InChI=1S/2Co.2Li.2Mg.2Ni.7O/q2*+2;2*+1;4*+2;7*-2. The molecule has 0 heterocycles. The summed E-state index contributed by atoms with van der Waals surface area (Å²) in [5, 5.41) is 0. The van der Waals surface area contributed by atoms with Crippen molar-refractivity contribution < 1.29 is 143 Å². The van der Waals surface area contributed by atoms with Crippen molar-refractivity contribution in [2.45, 2.75) is 0 Å². The summed E-state index contributed by atoms with van der Waals surface area (Å²) in [5.74, 6) is 0. The van der Waals surface area contributed by atoms with Crippen molar-refractivity contribution in [3.63, 3.8) is 0 Å². The maximum absolute atomic E-state index is 0. The molecule has 0 aliphatic heterocycles. The van der Waals surface area contributed by atoms with E-state index < -0.39 is 0 Å². The molecule has 0 atom stereocenters. The maximum Gasteiger partial charge on any atom is 2.00 e. The Kier molecular flexibility index (Phi) is 6330. The van der Waals surface area contributed by atoms with E-state index in [2.05, 4.69) is 0 Å². The second kappa shape index (κ2) is 284. The van der Waals surface area contributed by atoms with Gasteiger partial charge in [0.1, 0.15) is 0 Å². The monoisotopic (exact) mass is 408 g/mol. The fourth-order valence-corrected chi connectivity index (χ4v) is 0. The molecule has 0 unspecified atom stereocenters. The maximum atomic E-state index is 0. The Bertz CT molecular complexity index is 31.0. The van der Waals surface area contributed by atoms with Crippen LogP contribution in [0.4, 0.5) is 0 Å². The molecule has 0 saturated carbocycles. The van der Waals surface area contributed by atoms with Crippen molar-refractivity contribution in [3.8, 4) is 0 Å². The summed E-state index contributed by atoms with van der Waals surface area (Å²) in [6.07, 6.45) is 0. The van der Waals surface area contributed by atoms with E-state index in [0.717, 1.165) is 0 Å². The Labute approximate surface area is 186 Å². The third-order valence-electron chi connectivity index (χ3n) is 0. The Balaban J connectivity index is 0. The van der Waals surface area contributed by atoms with Gasteiger partial charge in [0.25, 0.3) is 0 Å². The van der Waals surface area contributed by atoms with Crippen LogP contribution in [-0.4, -0.2) is 46.1 Å². The minimum atomic E-state index is 0. The van der Waals surface area contributed by atoms with Gasteiger partial charge in [-0.15, -0.1) is 0 Å². The topological polar surface area (TPSA) is 200 Å². The molecule has 7 nitrogen and oxygen atoms in total. The molecule has 0 rings (SSSR count). The van der Waals surface area contributed by atoms with Crippen LogP contribution in [0.2, 0.25) is 0 Å². The predicted octanol–water partition coefficient (Wildman–Crippen LogP) is -7.60. The van der Waals surface area contributed by atoms with Gasteiger partial charge >= 0.3 is 150 Å². The molecular weight excluding hydrogens is 410 g/mol. The first-order chi connectivity index (χ1) is 0. The largest absolute Gasteiger partial charge is 2.00 e. The molecule has 0 aromatic heterocycles. The zero-order valence-corrected chi connectivity index (χ0v) is 14.5.